The Hall–Kier alpha value is -2.17. The van der Waals surface area contributed by atoms with E-state index in [0.717, 1.165) is 23.4 Å². The van der Waals surface area contributed by atoms with E-state index in [1.165, 1.54) is 5.56 Å². The fraction of sp³-hybridized carbons (Fsp3) is 0.409. The van der Waals surface area contributed by atoms with Crippen LogP contribution < -0.4 is 0 Å². The van der Waals surface area contributed by atoms with Crippen molar-refractivity contribution in [2.45, 2.75) is 45.4 Å². The summed E-state index contributed by atoms with van der Waals surface area (Å²) >= 11 is 0. The normalized spacial score (nSPS) is 13.5. The number of aliphatic hydroxyl groups excluding tert-OH is 1. The highest BCUT2D eigenvalue weighted by Crippen LogP contribution is 2.20. The Bertz CT molecular complexity index is 849. The van der Waals surface area contributed by atoms with Gasteiger partial charge in [-0.05, 0) is 38.5 Å². The summed E-state index contributed by atoms with van der Waals surface area (Å²) in [5.74, 6) is 0.923. The van der Waals surface area contributed by atoms with Gasteiger partial charge in [-0.15, -0.1) is 0 Å². The van der Waals surface area contributed by atoms with Gasteiger partial charge in [-0.25, -0.2) is 4.98 Å². The van der Waals surface area contributed by atoms with Crippen molar-refractivity contribution >= 4 is 11.0 Å². The lowest BCUT2D eigenvalue weighted by molar-refractivity contribution is 0.0518. The molecule has 0 aliphatic rings. The fourth-order valence-electron chi connectivity index (χ4n) is 3.29. The van der Waals surface area contributed by atoms with E-state index in [-0.39, 0.29) is 5.54 Å². The van der Waals surface area contributed by atoms with Crippen LogP contribution in [0.25, 0.3) is 11.0 Å². The summed E-state index contributed by atoms with van der Waals surface area (Å²) in [5.41, 5.74) is 3.32. The number of para-hydroxylation sites is 2. The molecule has 0 radical (unpaired) electrons. The highest BCUT2D eigenvalue weighted by Gasteiger charge is 2.25. The predicted octanol–water partition coefficient (Wildman–Crippen LogP) is 3.78. The molecule has 26 heavy (non-hydrogen) atoms. The zero-order valence-corrected chi connectivity index (χ0v) is 16.2. The summed E-state index contributed by atoms with van der Waals surface area (Å²) in [6, 6.07) is 18.5. The number of β-amino-alcohol motifs (C(OH)–C–C–N with tert-alkyl or cyclic N) is 1. The SMILES string of the molecule is Cn1c(CC(O)CN(Cc2ccccc2)C(C)(C)C)nc2ccccc21. The first kappa shape index (κ1) is 18.6. The first-order chi connectivity index (χ1) is 12.3. The average Bonchev–Trinajstić information content (AvgIpc) is 2.91. The van der Waals surface area contributed by atoms with Gasteiger partial charge in [-0.3, -0.25) is 4.90 Å². The molecule has 3 aromatic rings. The van der Waals surface area contributed by atoms with Gasteiger partial charge in [-0.2, -0.15) is 0 Å². The largest absolute Gasteiger partial charge is 0.391 e. The van der Waals surface area contributed by atoms with E-state index in [1.807, 2.05) is 31.3 Å². The lowest BCUT2D eigenvalue weighted by Gasteiger charge is -2.37. The van der Waals surface area contributed by atoms with Gasteiger partial charge >= 0.3 is 0 Å². The minimum Gasteiger partial charge on any atom is -0.391 e. The summed E-state index contributed by atoms with van der Waals surface area (Å²) in [6.45, 7) is 8.01. The molecule has 0 amide bonds. The molecule has 0 aliphatic carbocycles. The van der Waals surface area contributed by atoms with E-state index in [4.69, 9.17) is 4.98 Å². The van der Waals surface area contributed by atoms with Crippen molar-refractivity contribution in [3.05, 3.63) is 66.0 Å². The number of imidazole rings is 1. The van der Waals surface area contributed by atoms with Crippen LogP contribution in [0.4, 0.5) is 0 Å². The number of aliphatic hydroxyl groups is 1. The highest BCUT2D eigenvalue weighted by molar-refractivity contribution is 5.75. The summed E-state index contributed by atoms with van der Waals surface area (Å²) < 4.78 is 2.08. The van der Waals surface area contributed by atoms with Crippen molar-refractivity contribution < 1.29 is 5.11 Å². The number of rotatable bonds is 6. The monoisotopic (exact) mass is 351 g/mol. The van der Waals surface area contributed by atoms with Gasteiger partial charge in [0.15, 0.2) is 0 Å². The Balaban J connectivity index is 1.72. The van der Waals surface area contributed by atoms with Crippen molar-refractivity contribution in [1.82, 2.24) is 14.5 Å². The molecular formula is C22H29N3O. The van der Waals surface area contributed by atoms with Crippen LogP contribution in [0, 0.1) is 0 Å². The molecule has 0 saturated heterocycles. The lowest BCUT2D eigenvalue weighted by Crippen LogP contribution is -2.45. The minimum absolute atomic E-state index is 0.0246. The number of hydrogen-bond acceptors (Lipinski definition) is 3. The van der Waals surface area contributed by atoms with Crippen molar-refractivity contribution in [1.29, 1.82) is 0 Å². The topological polar surface area (TPSA) is 41.3 Å². The van der Waals surface area contributed by atoms with Gasteiger partial charge in [0, 0.05) is 32.1 Å². The van der Waals surface area contributed by atoms with Gasteiger partial charge in [0.1, 0.15) is 5.82 Å². The van der Waals surface area contributed by atoms with E-state index in [9.17, 15) is 5.11 Å². The standard InChI is InChI=1S/C22H29N3O/c1-22(2,3)25(15-17-10-6-5-7-11-17)16-18(26)14-21-23-19-12-8-9-13-20(19)24(21)4/h5-13,18,26H,14-16H2,1-4H3. The van der Waals surface area contributed by atoms with Crippen LogP contribution in [0.3, 0.4) is 0 Å². The number of benzene rings is 2. The van der Waals surface area contributed by atoms with Crippen molar-refractivity contribution in [3.8, 4) is 0 Å². The fourth-order valence-corrected chi connectivity index (χ4v) is 3.29. The maximum absolute atomic E-state index is 10.8. The third kappa shape index (κ3) is 4.32. The van der Waals surface area contributed by atoms with Crippen molar-refractivity contribution in [2.24, 2.45) is 7.05 Å². The van der Waals surface area contributed by atoms with Gasteiger partial charge in [-0.1, -0.05) is 42.5 Å². The summed E-state index contributed by atoms with van der Waals surface area (Å²) in [4.78, 5) is 7.02. The molecule has 0 spiro atoms. The van der Waals surface area contributed by atoms with Gasteiger partial charge < -0.3 is 9.67 Å². The van der Waals surface area contributed by atoms with Crippen LogP contribution in [-0.4, -0.2) is 37.7 Å². The molecule has 4 nitrogen and oxygen atoms in total. The van der Waals surface area contributed by atoms with Crippen molar-refractivity contribution in [2.75, 3.05) is 6.54 Å². The van der Waals surface area contributed by atoms with E-state index in [2.05, 4.69) is 60.6 Å². The molecule has 1 unspecified atom stereocenters. The second-order valence-electron chi connectivity index (χ2n) is 7.97. The third-order valence-corrected chi connectivity index (χ3v) is 4.89. The van der Waals surface area contributed by atoms with Gasteiger partial charge in [0.25, 0.3) is 0 Å². The quantitative estimate of drug-likeness (QED) is 0.735. The molecule has 2 aromatic carbocycles. The van der Waals surface area contributed by atoms with E-state index in [1.54, 1.807) is 0 Å². The Morgan fingerprint density at radius 2 is 1.69 bits per heavy atom. The molecule has 1 atom stereocenters. The predicted molar refractivity (Wildman–Crippen MR) is 107 cm³/mol. The molecule has 0 saturated carbocycles. The lowest BCUT2D eigenvalue weighted by atomic mass is 10.0. The van der Waals surface area contributed by atoms with E-state index in [0.29, 0.717) is 13.0 Å². The molecular weight excluding hydrogens is 322 g/mol. The highest BCUT2D eigenvalue weighted by atomic mass is 16.3. The van der Waals surface area contributed by atoms with E-state index < -0.39 is 6.10 Å². The van der Waals surface area contributed by atoms with Crippen LogP contribution in [0.5, 0.6) is 0 Å². The molecule has 0 aliphatic heterocycles. The van der Waals surface area contributed by atoms with E-state index >= 15 is 0 Å². The Kier molecular flexibility index (Phi) is 5.44. The summed E-state index contributed by atoms with van der Waals surface area (Å²) in [6.07, 6.45) is 0.0838. The Morgan fingerprint density at radius 3 is 2.35 bits per heavy atom. The second kappa shape index (κ2) is 7.60. The van der Waals surface area contributed by atoms with Gasteiger partial charge in [0.2, 0.25) is 0 Å². The molecule has 138 valence electrons. The van der Waals surface area contributed by atoms with Crippen LogP contribution in [-0.2, 0) is 20.0 Å². The average molecular weight is 351 g/mol. The van der Waals surface area contributed by atoms with Gasteiger partial charge in [0.05, 0.1) is 17.1 Å². The molecule has 0 fully saturated rings. The maximum atomic E-state index is 10.8. The maximum Gasteiger partial charge on any atom is 0.112 e. The smallest absolute Gasteiger partial charge is 0.112 e. The third-order valence-electron chi connectivity index (χ3n) is 4.89. The second-order valence-corrected chi connectivity index (χ2v) is 7.97. The molecule has 1 heterocycles. The molecule has 1 aromatic heterocycles. The van der Waals surface area contributed by atoms with Crippen LogP contribution in [0.1, 0.15) is 32.2 Å². The molecule has 3 rings (SSSR count). The zero-order valence-electron chi connectivity index (χ0n) is 16.2. The van der Waals surface area contributed by atoms with Crippen LogP contribution in [0.2, 0.25) is 0 Å². The van der Waals surface area contributed by atoms with Crippen LogP contribution in [0.15, 0.2) is 54.6 Å². The number of hydrogen-bond donors (Lipinski definition) is 1. The Labute approximate surface area is 156 Å². The summed E-state index contributed by atoms with van der Waals surface area (Å²) in [7, 11) is 2.02. The Morgan fingerprint density at radius 1 is 1.04 bits per heavy atom. The first-order valence-corrected chi connectivity index (χ1v) is 9.22. The molecule has 1 N–H and O–H groups in total. The van der Waals surface area contributed by atoms with Crippen molar-refractivity contribution in [3.63, 3.8) is 0 Å². The number of fused-ring (bicyclic) bond motifs is 1. The molecule has 0 bridgehead atoms. The number of aromatic nitrogens is 2. The minimum atomic E-state index is -0.464. The zero-order chi connectivity index (χ0) is 18.7. The number of aryl methyl sites for hydroxylation is 1. The first-order valence-electron chi connectivity index (χ1n) is 9.22. The van der Waals surface area contributed by atoms with Crippen LogP contribution >= 0.6 is 0 Å². The number of nitrogens with zero attached hydrogens (tertiary/aromatic N) is 3. The summed E-state index contributed by atoms with van der Waals surface area (Å²) in [5, 5.41) is 10.8. The molecule has 4 heteroatoms.